The number of unbranched alkanes of at least 4 members (excludes halogenated alkanes) is 1. The molecule has 14 heteroatoms. The number of piperazine rings is 1. The molecular formula is C36H46F3N7O4. The van der Waals surface area contributed by atoms with Gasteiger partial charge in [0, 0.05) is 64.3 Å². The number of pyridine rings is 1. The monoisotopic (exact) mass is 697 g/mol. The zero-order valence-corrected chi connectivity index (χ0v) is 29.3. The highest BCUT2D eigenvalue weighted by Crippen LogP contribution is 2.32. The fourth-order valence-corrected chi connectivity index (χ4v) is 6.28. The Balaban J connectivity index is 1.16. The molecule has 5 rings (SSSR count). The van der Waals surface area contributed by atoms with Crippen LogP contribution in [0.1, 0.15) is 76.1 Å². The van der Waals surface area contributed by atoms with Crippen molar-refractivity contribution in [2.45, 2.75) is 71.2 Å². The van der Waals surface area contributed by atoms with Crippen LogP contribution in [0.5, 0.6) is 0 Å². The van der Waals surface area contributed by atoms with E-state index in [1.165, 1.54) is 17.0 Å². The summed E-state index contributed by atoms with van der Waals surface area (Å²) in [6.45, 7) is 11.9. The van der Waals surface area contributed by atoms with Gasteiger partial charge in [-0.05, 0) is 82.8 Å². The number of ether oxygens (including phenoxy) is 1. The number of halogens is 3. The molecule has 2 aliphatic heterocycles. The topological polar surface area (TPSA) is 113 Å². The van der Waals surface area contributed by atoms with E-state index < -0.39 is 23.4 Å². The third kappa shape index (κ3) is 9.01. The first kappa shape index (κ1) is 36.8. The molecule has 0 spiro atoms. The lowest BCUT2D eigenvalue weighted by molar-refractivity contribution is -0.137. The molecule has 1 saturated heterocycles. The summed E-state index contributed by atoms with van der Waals surface area (Å²) in [4.78, 5) is 53.3. The summed E-state index contributed by atoms with van der Waals surface area (Å²) >= 11 is 0. The van der Waals surface area contributed by atoms with Crippen LogP contribution >= 0.6 is 0 Å². The third-order valence-corrected chi connectivity index (χ3v) is 9.12. The average molecular weight is 698 g/mol. The van der Waals surface area contributed by atoms with Crippen LogP contribution < -0.4 is 10.9 Å². The Morgan fingerprint density at radius 3 is 2.40 bits per heavy atom. The van der Waals surface area contributed by atoms with E-state index in [2.05, 4.69) is 20.2 Å². The summed E-state index contributed by atoms with van der Waals surface area (Å²) in [6, 6.07) is 6.35. The van der Waals surface area contributed by atoms with Crippen LogP contribution in [0.3, 0.4) is 0 Å². The minimum absolute atomic E-state index is 0.0740. The fourth-order valence-electron chi connectivity index (χ4n) is 6.28. The van der Waals surface area contributed by atoms with E-state index in [1.807, 2.05) is 31.7 Å². The van der Waals surface area contributed by atoms with Gasteiger partial charge < -0.3 is 19.9 Å². The molecule has 1 atom stereocenters. The summed E-state index contributed by atoms with van der Waals surface area (Å²) < 4.78 is 46.9. The van der Waals surface area contributed by atoms with Gasteiger partial charge in [-0.1, -0.05) is 18.2 Å². The Hall–Kier alpha value is -4.46. The van der Waals surface area contributed by atoms with Crippen molar-refractivity contribution < 1.29 is 27.5 Å². The zero-order valence-electron chi connectivity index (χ0n) is 29.3. The standard InChI is InChI=1S/C36H46F3N7O4/c1-24(26-9-8-10-27(21-26)36(37,38)39)42-31-29-22-28(33(48)43(5)32(29)41-23-40-31)25-12-15-45(16-13-25)30(47)11-6-7-14-44-17-19-46(20-18-44)34(49)50-35(2,3)4/h8-10,12,21-24H,6-7,11,13-20H2,1-5H3,(H,40,41,42). The molecule has 0 aliphatic carbocycles. The minimum Gasteiger partial charge on any atom is -0.444 e. The molecule has 2 aromatic heterocycles. The lowest BCUT2D eigenvalue weighted by Gasteiger charge is -2.35. The van der Waals surface area contributed by atoms with Crippen molar-refractivity contribution in [3.63, 3.8) is 0 Å². The molecule has 3 aromatic rings. The van der Waals surface area contributed by atoms with Crippen LogP contribution in [0, 0.1) is 0 Å². The van der Waals surface area contributed by atoms with Crippen LogP contribution in [0.15, 0.2) is 47.5 Å². The number of hydrogen-bond donors (Lipinski definition) is 1. The average Bonchev–Trinajstić information content (AvgIpc) is 3.07. The highest BCUT2D eigenvalue weighted by Gasteiger charge is 2.31. The number of carbonyl (C=O) groups is 2. The first-order chi connectivity index (χ1) is 23.6. The number of nitrogens with zero attached hydrogens (tertiary/aromatic N) is 6. The lowest BCUT2D eigenvalue weighted by Crippen LogP contribution is -2.50. The van der Waals surface area contributed by atoms with Gasteiger partial charge in [0.2, 0.25) is 5.91 Å². The maximum Gasteiger partial charge on any atom is 0.416 e. The summed E-state index contributed by atoms with van der Waals surface area (Å²) in [5, 5.41) is 3.77. The van der Waals surface area contributed by atoms with E-state index in [-0.39, 0.29) is 17.6 Å². The predicted octanol–water partition coefficient (Wildman–Crippen LogP) is 5.86. The second-order valence-electron chi connectivity index (χ2n) is 14.0. The fraction of sp³-hybridized carbons (Fsp3) is 0.528. The summed E-state index contributed by atoms with van der Waals surface area (Å²) in [5.74, 6) is 0.472. The number of anilines is 1. The minimum atomic E-state index is -4.46. The molecule has 0 bridgehead atoms. The number of aromatic nitrogens is 3. The second-order valence-corrected chi connectivity index (χ2v) is 14.0. The molecule has 1 aromatic carbocycles. The van der Waals surface area contributed by atoms with Crippen molar-refractivity contribution in [3.05, 3.63) is 69.8 Å². The maximum atomic E-state index is 13.4. The Kier molecular flexibility index (Phi) is 11.2. The molecule has 4 heterocycles. The Labute approximate surface area is 290 Å². The van der Waals surface area contributed by atoms with Crippen LogP contribution in [0.4, 0.5) is 23.8 Å². The zero-order chi connectivity index (χ0) is 36.2. The van der Waals surface area contributed by atoms with Gasteiger partial charge in [-0.3, -0.25) is 19.1 Å². The van der Waals surface area contributed by atoms with E-state index in [9.17, 15) is 27.6 Å². The van der Waals surface area contributed by atoms with Gasteiger partial charge in [-0.2, -0.15) is 13.2 Å². The number of rotatable bonds is 9. The SMILES string of the molecule is CC(Nc1ncnc2c1cc(C1=CCN(C(=O)CCCCN3CCN(C(=O)OC(C)(C)C)CC3)CC1)c(=O)n2C)c1cccc(C(F)(F)F)c1. The lowest BCUT2D eigenvalue weighted by atomic mass is 9.99. The molecule has 1 fully saturated rings. The number of aryl methyl sites for hydroxylation is 1. The van der Waals surface area contributed by atoms with E-state index in [0.29, 0.717) is 67.0 Å². The third-order valence-electron chi connectivity index (χ3n) is 9.12. The number of nitrogens with one attached hydrogen (secondary N) is 1. The summed E-state index contributed by atoms with van der Waals surface area (Å²) in [5.41, 5.74) is 0.654. The van der Waals surface area contributed by atoms with E-state index in [0.717, 1.165) is 50.2 Å². The normalized spacial score (nSPS) is 16.7. The van der Waals surface area contributed by atoms with Gasteiger partial charge in [-0.25, -0.2) is 14.8 Å². The highest BCUT2D eigenvalue weighted by molar-refractivity contribution is 5.89. The summed E-state index contributed by atoms with van der Waals surface area (Å²) in [6.07, 6.45) is 1.08. The number of hydrogen-bond acceptors (Lipinski definition) is 8. The summed E-state index contributed by atoms with van der Waals surface area (Å²) in [7, 11) is 1.63. The van der Waals surface area contributed by atoms with Gasteiger partial charge in [0.25, 0.3) is 5.56 Å². The van der Waals surface area contributed by atoms with Gasteiger partial charge in [0.15, 0.2) is 0 Å². The van der Waals surface area contributed by atoms with Crippen molar-refractivity contribution in [2.75, 3.05) is 51.1 Å². The van der Waals surface area contributed by atoms with Gasteiger partial charge in [0.1, 0.15) is 23.4 Å². The van der Waals surface area contributed by atoms with Crippen LogP contribution in [-0.4, -0.2) is 92.6 Å². The van der Waals surface area contributed by atoms with Crippen molar-refractivity contribution in [1.29, 1.82) is 0 Å². The molecule has 0 saturated carbocycles. The predicted molar refractivity (Wildman–Crippen MR) is 186 cm³/mol. The number of benzene rings is 1. The van der Waals surface area contributed by atoms with E-state index in [4.69, 9.17) is 4.74 Å². The van der Waals surface area contributed by atoms with Gasteiger partial charge >= 0.3 is 12.3 Å². The molecular weight excluding hydrogens is 651 g/mol. The first-order valence-electron chi connectivity index (χ1n) is 17.1. The van der Waals surface area contributed by atoms with Crippen LogP contribution in [0.25, 0.3) is 16.6 Å². The molecule has 0 radical (unpaired) electrons. The molecule has 11 nitrogen and oxygen atoms in total. The van der Waals surface area contributed by atoms with Crippen molar-refractivity contribution in [2.24, 2.45) is 7.05 Å². The second kappa shape index (κ2) is 15.2. The number of carbonyl (C=O) groups excluding carboxylic acids is 2. The smallest absolute Gasteiger partial charge is 0.416 e. The van der Waals surface area contributed by atoms with Gasteiger partial charge in [0.05, 0.1) is 10.9 Å². The van der Waals surface area contributed by atoms with Crippen molar-refractivity contribution >= 4 is 34.4 Å². The Morgan fingerprint density at radius 1 is 1.00 bits per heavy atom. The molecule has 2 aliphatic rings. The Morgan fingerprint density at radius 2 is 1.74 bits per heavy atom. The molecule has 270 valence electrons. The van der Waals surface area contributed by atoms with E-state index in [1.54, 1.807) is 31.0 Å². The largest absolute Gasteiger partial charge is 0.444 e. The number of fused-ring (bicyclic) bond motifs is 1. The highest BCUT2D eigenvalue weighted by atomic mass is 19.4. The molecule has 2 amide bonds. The van der Waals surface area contributed by atoms with Crippen molar-refractivity contribution in [1.82, 2.24) is 29.2 Å². The maximum absolute atomic E-state index is 13.4. The molecule has 50 heavy (non-hydrogen) atoms. The van der Waals surface area contributed by atoms with E-state index >= 15 is 0 Å². The molecule has 1 unspecified atom stereocenters. The molecule has 1 N–H and O–H groups in total. The van der Waals surface area contributed by atoms with Crippen LogP contribution in [-0.2, 0) is 22.8 Å². The number of amides is 2. The van der Waals surface area contributed by atoms with Gasteiger partial charge in [-0.15, -0.1) is 0 Å². The quantitative estimate of drug-likeness (QED) is 0.277. The van der Waals surface area contributed by atoms with Crippen molar-refractivity contribution in [3.8, 4) is 0 Å². The Bertz CT molecular complexity index is 1790. The first-order valence-corrected chi connectivity index (χ1v) is 17.1. The van der Waals surface area contributed by atoms with Crippen LogP contribution in [0.2, 0.25) is 0 Å². The number of alkyl halides is 3.